The van der Waals surface area contributed by atoms with Gasteiger partial charge < -0.3 is 19.7 Å². The molecule has 0 radical (unpaired) electrons. The summed E-state index contributed by atoms with van der Waals surface area (Å²) in [7, 11) is 0. The van der Waals surface area contributed by atoms with E-state index < -0.39 is 6.10 Å². The summed E-state index contributed by atoms with van der Waals surface area (Å²) in [6, 6.07) is 5.04. The van der Waals surface area contributed by atoms with Crippen molar-refractivity contribution in [3.05, 3.63) is 73.8 Å². The third-order valence-electron chi connectivity index (χ3n) is 9.39. The van der Waals surface area contributed by atoms with Gasteiger partial charge in [0, 0.05) is 23.8 Å². The van der Waals surface area contributed by atoms with Crippen LogP contribution in [0.25, 0.3) is 34.2 Å². The number of phenolic OH excluding ortho intramolecular Hbond substituents is 1. The number of aromatic hydroxyl groups is 1. The lowest BCUT2D eigenvalue weighted by molar-refractivity contribution is 0.0123. The van der Waals surface area contributed by atoms with E-state index >= 15 is 0 Å². The number of aliphatic hydroxyl groups excluding tert-OH is 1. The van der Waals surface area contributed by atoms with Crippen LogP contribution in [0.4, 0.5) is 0 Å². The van der Waals surface area contributed by atoms with Crippen molar-refractivity contribution in [3.63, 3.8) is 0 Å². The molecule has 1 heterocycles. The van der Waals surface area contributed by atoms with E-state index in [-0.39, 0.29) is 19.0 Å². The lowest BCUT2D eigenvalue weighted by Crippen LogP contribution is -2.23. The molecular formula is C37H47N3O4. The quantitative estimate of drug-likeness (QED) is 0.180. The highest BCUT2D eigenvalue weighted by atomic mass is 16.5. The second kappa shape index (κ2) is 13.4. The first-order chi connectivity index (χ1) is 20.8. The van der Waals surface area contributed by atoms with Crippen LogP contribution in [-0.2, 0) is 4.74 Å². The van der Waals surface area contributed by atoms with Gasteiger partial charge in [0.1, 0.15) is 24.2 Å². The third kappa shape index (κ3) is 6.35. The molecule has 7 nitrogen and oxygen atoms in total. The SMILES string of the molecule is CCCOCC(O)COc1ccc(-c2nc(-c3c(C)c(C)c(C)c(C)c3C)nc(-c3c(C)c(C)c(C)c(C)c3C)n2)c(O)c1. The first kappa shape index (κ1) is 33.1. The maximum absolute atomic E-state index is 11.2. The highest BCUT2D eigenvalue weighted by Crippen LogP contribution is 2.38. The van der Waals surface area contributed by atoms with Crippen molar-refractivity contribution in [2.75, 3.05) is 19.8 Å². The number of ether oxygens (including phenoxy) is 2. The number of rotatable bonds is 10. The lowest BCUT2D eigenvalue weighted by atomic mass is 9.88. The van der Waals surface area contributed by atoms with Crippen molar-refractivity contribution < 1.29 is 19.7 Å². The minimum Gasteiger partial charge on any atom is -0.507 e. The number of benzene rings is 3. The molecule has 0 bridgehead atoms. The molecule has 0 aliphatic heterocycles. The molecule has 7 heteroatoms. The zero-order chi connectivity index (χ0) is 32.5. The maximum atomic E-state index is 11.2. The van der Waals surface area contributed by atoms with Gasteiger partial charge in [-0.3, -0.25) is 0 Å². The highest BCUT2D eigenvalue weighted by molar-refractivity contribution is 5.77. The van der Waals surface area contributed by atoms with E-state index in [4.69, 9.17) is 24.4 Å². The summed E-state index contributed by atoms with van der Waals surface area (Å²) in [4.78, 5) is 15.1. The maximum Gasteiger partial charge on any atom is 0.167 e. The Morgan fingerprint density at radius 3 is 1.48 bits per heavy atom. The van der Waals surface area contributed by atoms with Crippen LogP contribution in [0.5, 0.6) is 11.5 Å². The van der Waals surface area contributed by atoms with E-state index in [2.05, 4.69) is 69.2 Å². The predicted octanol–water partition coefficient (Wildman–Crippen LogP) is 7.83. The van der Waals surface area contributed by atoms with Gasteiger partial charge >= 0.3 is 0 Å². The molecule has 0 aliphatic rings. The Balaban J connectivity index is 1.89. The van der Waals surface area contributed by atoms with E-state index in [9.17, 15) is 10.2 Å². The molecule has 3 aromatic carbocycles. The highest BCUT2D eigenvalue weighted by Gasteiger charge is 2.23. The molecule has 0 saturated heterocycles. The molecule has 0 saturated carbocycles. The minimum absolute atomic E-state index is 0.0169. The molecule has 4 rings (SSSR count). The van der Waals surface area contributed by atoms with Crippen molar-refractivity contribution >= 4 is 0 Å². The van der Waals surface area contributed by atoms with Crippen molar-refractivity contribution in [2.24, 2.45) is 0 Å². The van der Waals surface area contributed by atoms with E-state index in [0.717, 1.165) is 39.8 Å². The summed E-state index contributed by atoms with van der Waals surface area (Å²) < 4.78 is 11.2. The van der Waals surface area contributed by atoms with Crippen LogP contribution in [-0.4, -0.2) is 51.1 Å². The Bertz CT molecular complexity index is 1560. The molecule has 1 atom stereocenters. The normalized spacial score (nSPS) is 12.1. The van der Waals surface area contributed by atoms with Crippen molar-refractivity contribution in [3.8, 4) is 45.7 Å². The van der Waals surface area contributed by atoms with Gasteiger partial charge in [-0.1, -0.05) is 6.92 Å². The summed E-state index contributed by atoms with van der Waals surface area (Å²) in [6.45, 7) is 24.2. The molecule has 1 aromatic heterocycles. The van der Waals surface area contributed by atoms with Crippen LogP contribution in [0.15, 0.2) is 18.2 Å². The van der Waals surface area contributed by atoms with Gasteiger partial charge in [-0.25, -0.2) is 15.0 Å². The standard InChI is InChI=1S/C37H47N3O4/c1-12-15-43-17-29(41)18-44-30-13-14-31(32(42)16-30)35-38-36(33-25(8)21(4)19(2)22(5)26(33)9)40-37(39-35)34-27(10)23(6)20(3)24(7)28(34)11/h13-14,16,29,41-42H,12,15,17-18H2,1-11H3. The smallest absolute Gasteiger partial charge is 0.167 e. The molecule has 44 heavy (non-hydrogen) atoms. The Morgan fingerprint density at radius 2 is 1.05 bits per heavy atom. The summed E-state index contributed by atoms with van der Waals surface area (Å²) in [5.41, 5.74) is 14.4. The largest absolute Gasteiger partial charge is 0.507 e. The lowest BCUT2D eigenvalue weighted by Gasteiger charge is -2.21. The second-order valence-electron chi connectivity index (χ2n) is 12.0. The number of hydrogen-bond acceptors (Lipinski definition) is 7. The second-order valence-corrected chi connectivity index (χ2v) is 12.0. The molecule has 1 unspecified atom stereocenters. The van der Waals surface area contributed by atoms with Gasteiger partial charge in [0.15, 0.2) is 17.5 Å². The molecule has 0 amide bonds. The minimum atomic E-state index is -0.766. The van der Waals surface area contributed by atoms with E-state index in [1.807, 2.05) is 6.92 Å². The van der Waals surface area contributed by atoms with Crippen LogP contribution in [0.1, 0.15) is 69.0 Å². The van der Waals surface area contributed by atoms with Crippen LogP contribution >= 0.6 is 0 Å². The Labute approximate surface area is 262 Å². The van der Waals surface area contributed by atoms with Crippen molar-refractivity contribution in [1.82, 2.24) is 15.0 Å². The van der Waals surface area contributed by atoms with Crippen LogP contribution in [0, 0.1) is 69.2 Å². The number of aliphatic hydroxyl groups is 1. The summed E-state index contributed by atoms with van der Waals surface area (Å²) in [5, 5.41) is 21.4. The molecule has 0 fully saturated rings. The van der Waals surface area contributed by atoms with Gasteiger partial charge in [-0.15, -0.1) is 0 Å². The van der Waals surface area contributed by atoms with Crippen LogP contribution in [0.2, 0.25) is 0 Å². The summed E-state index contributed by atoms with van der Waals surface area (Å²) >= 11 is 0. The third-order valence-corrected chi connectivity index (χ3v) is 9.39. The fourth-order valence-corrected chi connectivity index (χ4v) is 5.79. The van der Waals surface area contributed by atoms with Crippen LogP contribution < -0.4 is 4.74 Å². The first-order valence-corrected chi connectivity index (χ1v) is 15.4. The topological polar surface area (TPSA) is 97.6 Å². The zero-order valence-electron chi connectivity index (χ0n) is 28.2. The molecular weight excluding hydrogens is 550 g/mol. The number of hydrogen-bond donors (Lipinski definition) is 2. The predicted molar refractivity (Wildman–Crippen MR) is 178 cm³/mol. The molecule has 234 valence electrons. The van der Waals surface area contributed by atoms with Crippen LogP contribution in [0.3, 0.4) is 0 Å². The fourth-order valence-electron chi connectivity index (χ4n) is 5.79. The van der Waals surface area contributed by atoms with Crippen molar-refractivity contribution in [1.29, 1.82) is 0 Å². The van der Waals surface area contributed by atoms with Gasteiger partial charge in [-0.2, -0.15) is 0 Å². The zero-order valence-corrected chi connectivity index (χ0v) is 28.2. The monoisotopic (exact) mass is 597 g/mol. The molecule has 2 N–H and O–H groups in total. The summed E-state index contributed by atoms with van der Waals surface area (Å²) in [6.07, 6.45) is 0.117. The van der Waals surface area contributed by atoms with E-state index in [0.29, 0.717) is 35.4 Å². The number of phenols is 1. The first-order valence-electron chi connectivity index (χ1n) is 15.4. The van der Waals surface area contributed by atoms with E-state index in [1.54, 1.807) is 12.1 Å². The van der Waals surface area contributed by atoms with Gasteiger partial charge in [0.05, 0.1) is 12.2 Å². The van der Waals surface area contributed by atoms with Gasteiger partial charge in [-0.05, 0) is 143 Å². The van der Waals surface area contributed by atoms with Gasteiger partial charge in [0.25, 0.3) is 0 Å². The number of nitrogens with zero attached hydrogens (tertiary/aromatic N) is 3. The molecule has 0 spiro atoms. The van der Waals surface area contributed by atoms with E-state index in [1.165, 1.54) is 39.4 Å². The molecule has 4 aromatic rings. The van der Waals surface area contributed by atoms with Crippen molar-refractivity contribution in [2.45, 2.75) is 88.7 Å². The number of aromatic nitrogens is 3. The fraction of sp³-hybridized carbons (Fsp3) is 0.432. The Hall–Kier alpha value is -3.81. The Kier molecular flexibility index (Phi) is 10.1. The molecule has 0 aliphatic carbocycles. The average molecular weight is 598 g/mol. The van der Waals surface area contributed by atoms with Gasteiger partial charge in [0.2, 0.25) is 0 Å². The summed E-state index contributed by atoms with van der Waals surface area (Å²) in [5.74, 6) is 1.96. The average Bonchev–Trinajstić information content (AvgIpc) is 3.00. The Morgan fingerprint density at radius 1 is 0.614 bits per heavy atom.